The first kappa shape index (κ1) is 5.46. The first-order valence-electron chi connectivity index (χ1n) is 2.36. The average Bonchev–Trinajstić information content (AvgIpc) is 1.90. The predicted molar refractivity (Wildman–Crippen MR) is 35.1 cm³/mol. The summed E-state index contributed by atoms with van der Waals surface area (Å²) in [5, 5.41) is 0.882. The summed E-state index contributed by atoms with van der Waals surface area (Å²) in [5.74, 6) is 0. The Bertz CT molecular complexity index is 171. The lowest BCUT2D eigenvalue weighted by atomic mass is 10.4. The van der Waals surface area contributed by atoms with Crippen LogP contribution in [0.5, 0.6) is 0 Å². The van der Waals surface area contributed by atoms with E-state index >= 15 is 0 Å². The van der Waals surface area contributed by atoms with Crippen molar-refractivity contribution in [3.05, 3.63) is 30.3 Å². The molecule has 1 atom stereocenters. The summed E-state index contributed by atoms with van der Waals surface area (Å²) in [7, 11) is -0.320. The molecule has 0 spiro atoms. The quantitative estimate of drug-likeness (QED) is 0.517. The van der Waals surface area contributed by atoms with Gasteiger partial charge in [0.2, 0.25) is 0 Å². The molecule has 0 aliphatic rings. The van der Waals surface area contributed by atoms with E-state index in [0.29, 0.717) is 0 Å². The second-order valence-electron chi connectivity index (χ2n) is 1.47. The van der Waals surface area contributed by atoms with Crippen molar-refractivity contribution in [1.82, 2.24) is 0 Å². The third kappa shape index (κ3) is 1.14. The van der Waals surface area contributed by atoms with Gasteiger partial charge in [-0.25, -0.2) is 0 Å². The van der Waals surface area contributed by atoms with E-state index in [1.165, 1.54) is 0 Å². The van der Waals surface area contributed by atoms with Gasteiger partial charge in [-0.05, 0) is 12.1 Å². The smallest absolute Gasteiger partial charge is 0.0707 e. The van der Waals surface area contributed by atoms with Crippen LogP contribution >= 0.6 is 8.46 Å². The van der Waals surface area contributed by atoms with Crippen molar-refractivity contribution < 1.29 is 4.57 Å². The maximum Gasteiger partial charge on any atom is 0.363 e. The predicted octanol–water partition coefficient (Wildman–Crippen LogP) is 1.34. The standard InChI is InChI=1S/C6H5OP/c7-8-6-4-2-1-3-5-6/h1-5H/p+1. The number of hydrogen-bond donors (Lipinski definition) is 0. The molecule has 0 aromatic heterocycles. The Morgan fingerprint density at radius 1 is 1.12 bits per heavy atom. The van der Waals surface area contributed by atoms with Crippen molar-refractivity contribution in [2.24, 2.45) is 0 Å². The van der Waals surface area contributed by atoms with Crippen molar-refractivity contribution in [3.8, 4) is 0 Å². The Morgan fingerprint density at radius 2 is 1.75 bits per heavy atom. The van der Waals surface area contributed by atoms with Crippen LogP contribution in [0.4, 0.5) is 0 Å². The van der Waals surface area contributed by atoms with Gasteiger partial charge in [0.15, 0.2) is 5.30 Å². The highest BCUT2D eigenvalue weighted by atomic mass is 31.1. The Kier molecular flexibility index (Phi) is 1.76. The second kappa shape index (κ2) is 2.58. The minimum Gasteiger partial charge on any atom is -0.0707 e. The highest BCUT2D eigenvalue weighted by Gasteiger charge is 1.91. The molecular formula is C6H6OP+. The molecule has 40 valence electrons. The zero-order valence-corrected chi connectivity index (χ0v) is 5.29. The average molecular weight is 125 g/mol. The van der Waals surface area contributed by atoms with Crippen molar-refractivity contribution in [1.29, 1.82) is 0 Å². The summed E-state index contributed by atoms with van der Waals surface area (Å²) < 4.78 is 10.2. The fourth-order valence-corrected chi connectivity index (χ4v) is 0.835. The summed E-state index contributed by atoms with van der Waals surface area (Å²) in [4.78, 5) is 0. The molecule has 2 heteroatoms. The van der Waals surface area contributed by atoms with E-state index in [9.17, 15) is 4.57 Å². The first-order valence-corrected chi connectivity index (χ1v) is 3.27. The van der Waals surface area contributed by atoms with Crippen LogP contribution in [0.2, 0.25) is 0 Å². The van der Waals surface area contributed by atoms with E-state index in [2.05, 4.69) is 0 Å². The normalized spacial score (nSPS) is 9.50. The van der Waals surface area contributed by atoms with Gasteiger partial charge in [0.1, 0.15) is 0 Å². The monoisotopic (exact) mass is 125 g/mol. The van der Waals surface area contributed by atoms with Crippen molar-refractivity contribution in [2.45, 2.75) is 0 Å². The molecule has 1 unspecified atom stereocenters. The summed E-state index contributed by atoms with van der Waals surface area (Å²) >= 11 is 0. The van der Waals surface area contributed by atoms with Crippen molar-refractivity contribution in [3.63, 3.8) is 0 Å². The SMILES string of the molecule is O=[PH+]c1ccccc1. The molecule has 0 fully saturated rings. The Balaban J connectivity index is 2.99. The molecule has 0 saturated heterocycles. The van der Waals surface area contributed by atoms with E-state index in [-0.39, 0.29) is 8.46 Å². The van der Waals surface area contributed by atoms with Crippen molar-refractivity contribution in [2.75, 3.05) is 0 Å². The number of rotatable bonds is 1. The maximum atomic E-state index is 10.2. The van der Waals surface area contributed by atoms with Crippen LogP contribution in [-0.2, 0) is 4.57 Å². The van der Waals surface area contributed by atoms with Crippen LogP contribution in [0.3, 0.4) is 0 Å². The lowest BCUT2D eigenvalue weighted by Crippen LogP contribution is -1.84. The highest BCUT2D eigenvalue weighted by Crippen LogP contribution is 1.92. The van der Waals surface area contributed by atoms with Crippen molar-refractivity contribution >= 4 is 13.8 Å². The lowest BCUT2D eigenvalue weighted by Gasteiger charge is -1.74. The van der Waals surface area contributed by atoms with Gasteiger partial charge < -0.3 is 0 Å². The Labute approximate surface area is 49.6 Å². The Morgan fingerprint density at radius 3 is 2.12 bits per heavy atom. The minimum atomic E-state index is -0.320. The molecule has 1 rings (SSSR count). The minimum absolute atomic E-state index is 0.320. The van der Waals surface area contributed by atoms with Crippen LogP contribution in [0.1, 0.15) is 0 Å². The third-order valence-electron chi connectivity index (χ3n) is 0.892. The molecule has 0 aliphatic carbocycles. The first-order chi connectivity index (χ1) is 3.93. The topological polar surface area (TPSA) is 17.1 Å². The molecule has 1 aromatic carbocycles. The Hall–Kier alpha value is -0.680. The largest absolute Gasteiger partial charge is 0.363 e. The van der Waals surface area contributed by atoms with Gasteiger partial charge in [-0.2, -0.15) is 0 Å². The lowest BCUT2D eigenvalue weighted by molar-refractivity contribution is 0.603. The summed E-state index contributed by atoms with van der Waals surface area (Å²) in [6, 6.07) is 9.33. The molecule has 0 N–H and O–H groups in total. The molecule has 0 radical (unpaired) electrons. The van der Waals surface area contributed by atoms with Gasteiger partial charge in [0, 0.05) is 0 Å². The molecule has 1 nitrogen and oxygen atoms in total. The molecule has 0 bridgehead atoms. The molecule has 0 aliphatic heterocycles. The van der Waals surface area contributed by atoms with Gasteiger partial charge in [-0.15, -0.1) is 0 Å². The zero-order chi connectivity index (χ0) is 5.82. The molecule has 0 heterocycles. The zero-order valence-electron chi connectivity index (χ0n) is 4.29. The maximum absolute atomic E-state index is 10.2. The third-order valence-corrected chi connectivity index (χ3v) is 1.46. The van der Waals surface area contributed by atoms with Crippen LogP contribution in [0.15, 0.2) is 30.3 Å². The number of hydrogen-bond acceptors (Lipinski definition) is 1. The van der Waals surface area contributed by atoms with Crippen LogP contribution in [-0.4, -0.2) is 0 Å². The fraction of sp³-hybridized carbons (Fsp3) is 0. The van der Waals surface area contributed by atoms with Gasteiger partial charge in [0.25, 0.3) is 0 Å². The fourth-order valence-electron chi connectivity index (χ4n) is 0.506. The molecular weight excluding hydrogens is 119 g/mol. The van der Waals surface area contributed by atoms with E-state index in [0.717, 1.165) is 5.30 Å². The van der Waals surface area contributed by atoms with E-state index in [1.54, 1.807) is 0 Å². The van der Waals surface area contributed by atoms with Gasteiger partial charge in [-0.3, -0.25) is 0 Å². The van der Waals surface area contributed by atoms with Crippen LogP contribution in [0, 0.1) is 0 Å². The summed E-state index contributed by atoms with van der Waals surface area (Å²) in [5.41, 5.74) is 0. The van der Waals surface area contributed by atoms with E-state index in [1.807, 2.05) is 30.3 Å². The molecule has 8 heavy (non-hydrogen) atoms. The number of benzene rings is 1. The summed E-state index contributed by atoms with van der Waals surface area (Å²) in [6.45, 7) is 0. The van der Waals surface area contributed by atoms with E-state index in [4.69, 9.17) is 0 Å². The summed E-state index contributed by atoms with van der Waals surface area (Å²) in [6.07, 6.45) is 0. The van der Waals surface area contributed by atoms with Gasteiger partial charge in [-0.1, -0.05) is 22.8 Å². The van der Waals surface area contributed by atoms with Crippen LogP contribution in [0.25, 0.3) is 0 Å². The molecule has 0 saturated carbocycles. The van der Waals surface area contributed by atoms with Crippen LogP contribution < -0.4 is 5.30 Å². The highest BCUT2D eigenvalue weighted by molar-refractivity contribution is 7.34. The second-order valence-corrected chi connectivity index (χ2v) is 2.25. The molecule has 1 aromatic rings. The van der Waals surface area contributed by atoms with Gasteiger partial charge >= 0.3 is 8.46 Å². The van der Waals surface area contributed by atoms with Gasteiger partial charge in [0.05, 0.1) is 0 Å². The molecule has 0 amide bonds. The van der Waals surface area contributed by atoms with E-state index < -0.39 is 0 Å².